The number of hydrogen-bond acceptors (Lipinski definition) is 4. The van der Waals surface area contributed by atoms with Crippen molar-refractivity contribution in [3.8, 4) is 0 Å². The molecule has 6 heteroatoms. The third-order valence-electron chi connectivity index (χ3n) is 6.39. The summed E-state index contributed by atoms with van der Waals surface area (Å²) in [4.78, 5) is 31.2. The number of fused-ring (bicyclic) bond motifs is 1. The molecular weight excluding hydrogens is 414 g/mol. The number of amides is 2. The smallest absolute Gasteiger partial charge is 0.260 e. The first kappa shape index (κ1) is 20.9. The number of likely N-dealkylation sites (tertiary alicyclic amines) is 1. The Bertz CT molecular complexity index is 1230. The van der Waals surface area contributed by atoms with E-state index in [-0.39, 0.29) is 11.8 Å². The Morgan fingerprint density at radius 1 is 1.12 bits per heavy atom. The molecule has 1 aliphatic heterocycles. The van der Waals surface area contributed by atoms with E-state index in [4.69, 9.17) is 4.42 Å². The minimum atomic E-state index is -0.267. The molecule has 6 nitrogen and oxygen atoms in total. The number of aryl methyl sites for hydroxylation is 1. The van der Waals surface area contributed by atoms with Crippen molar-refractivity contribution in [2.75, 3.05) is 18.4 Å². The molecule has 1 N–H and O–H groups in total. The molecule has 2 aromatic heterocycles. The molecule has 3 aromatic rings. The molecule has 0 bridgehead atoms. The largest absolute Gasteiger partial charge is 0.469 e. The number of hydrogen-bond donors (Lipinski definition) is 1. The fourth-order valence-corrected chi connectivity index (χ4v) is 4.61. The van der Waals surface area contributed by atoms with E-state index in [1.54, 1.807) is 37.4 Å². The van der Waals surface area contributed by atoms with Crippen LogP contribution in [0.5, 0.6) is 0 Å². The maximum atomic E-state index is 12.7. The molecule has 2 unspecified atom stereocenters. The third kappa shape index (κ3) is 4.51. The molecule has 3 heterocycles. The minimum absolute atomic E-state index is 0.0203. The summed E-state index contributed by atoms with van der Waals surface area (Å²) < 4.78 is 5.16. The van der Waals surface area contributed by atoms with E-state index in [0.717, 1.165) is 25.1 Å². The number of nitrogens with zero attached hydrogens (tertiary/aromatic N) is 2. The van der Waals surface area contributed by atoms with Crippen molar-refractivity contribution in [3.05, 3.63) is 95.6 Å². The van der Waals surface area contributed by atoms with Gasteiger partial charge in [-0.05, 0) is 66.2 Å². The van der Waals surface area contributed by atoms with Crippen molar-refractivity contribution < 1.29 is 14.0 Å². The maximum absolute atomic E-state index is 12.7. The van der Waals surface area contributed by atoms with Gasteiger partial charge in [0.25, 0.3) is 5.91 Å². The zero-order valence-electron chi connectivity index (χ0n) is 18.4. The number of pyridine rings is 1. The molecule has 0 saturated carbocycles. The second-order valence-corrected chi connectivity index (χ2v) is 8.58. The van der Waals surface area contributed by atoms with Crippen LogP contribution >= 0.6 is 0 Å². The lowest BCUT2D eigenvalue weighted by Gasteiger charge is -2.15. The molecule has 2 amide bonds. The van der Waals surface area contributed by atoms with Crippen LogP contribution in [0.2, 0.25) is 0 Å². The summed E-state index contributed by atoms with van der Waals surface area (Å²) in [6.07, 6.45) is 9.86. The number of carbonyl (C=O) groups excluding carboxylic acids is 2. The van der Waals surface area contributed by atoms with E-state index >= 15 is 0 Å². The Morgan fingerprint density at radius 2 is 1.97 bits per heavy atom. The van der Waals surface area contributed by atoms with Crippen molar-refractivity contribution in [3.63, 3.8) is 0 Å². The topological polar surface area (TPSA) is 75.4 Å². The molecular formula is C27H25N3O3. The van der Waals surface area contributed by atoms with E-state index in [1.807, 2.05) is 17.0 Å². The van der Waals surface area contributed by atoms with Crippen molar-refractivity contribution >= 4 is 29.3 Å². The highest BCUT2D eigenvalue weighted by atomic mass is 16.3. The van der Waals surface area contributed by atoms with Crippen LogP contribution in [0, 0.1) is 18.8 Å². The summed E-state index contributed by atoms with van der Waals surface area (Å²) in [5.74, 6) is 1.69. The Morgan fingerprint density at radius 3 is 2.67 bits per heavy atom. The summed E-state index contributed by atoms with van der Waals surface area (Å²) in [6, 6.07) is 15.6. The molecule has 5 rings (SSSR count). The van der Waals surface area contributed by atoms with Crippen LogP contribution in [0.3, 0.4) is 0 Å². The highest BCUT2D eigenvalue weighted by Crippen LogP contribution is 2.40. The second-order valence-electron chi connectivity index (χ2n) is 8.58. The van der Waals surface area contributed by atoms with Crippen LogP contribution in [0.1, 0.15) is 33.7 Å². The summed E-state index contributed by atoms with van der Waals surface area (Å²) in [6.45, 7) is 3.29. The second kappa shape index (κ2) is 8.90. The quantitative estimate of drug-likeness (QED) is 0.579. The summed E-state index contributed by atoms with van der Waals surface area (Å²) in [5.41, 5.74) is 3.96. The van der Waals surface area contributed by atoms with Gasteiger partial charge in [0.2, 0.25) is 5.91 Å². The third-order valence-corrected chi connectivity index (χ3v) is 6.39. The molecule has 33 heavy (non-hydrogen) atoms. The number of rotatable bonds is 5. The van der Waals surface area contributed by atoms with E-state index in [1.165, 1.54) is 17.4 Å². The van der Waals surface area contributed by atoms with Crippen molar-refractivity contribution in [2.45, 2.75) is 13.3 Å². The van der Waals surface area contributed by atoms with Crippen molar-refractivity contribution in [1.29, 1.82) is 0 Å². The van der Waals surface area contributed by atoms with Crippen molar-refractivity contribution in [1.82, 2.24) is 9.88 Å². The molecule has 166 valence electrons. The van der Waals surface area contributed by atoms with Crippen LogP contribution in [0.25, 0.3) is 11.6 Å². The molecule has 0 spiro atoms. The van der Waals surface area contributed by atoms with Crippen LogP contribution in [0.4, 0.5) is 5.82 Å². The van der Waals surface area contributed by atoms with Gasteiger partial charge < -0.3 is 14.6 Å². The molecule has 1 aliphatic carbocycles. The zero-order valence-corrected chi connectivity index (χ0v) is 18.4. The average molecular weight is 440 g/mol. The predicted molar refractivity (Wildman–Crippen MR) is 127 cm³/mol. The number of furan rings is 1. The summed E-state index contributed by atoms with van der Waals surface area (Å²) in [5, 5.41) is 2.75. The number of aromatic nitrogens is 1. The zero-order chi connectivity index (χ0) is 22.8. The van der Waals surface area contributed by atoms with Gasteiger partial charge in [0, 0.05) is 25.4 Å². The number of nitrogens with one attached hydrogen (secondary N) is 1. The first-order valence-corrected chi connectivity index (χ1v) is 11.1. The van der Waals surface area contributed by atoms with E-state index in [0.29, 0.717) is 29.0 Å². The lowest BCUT2D eigenvalue weighted by molar-refractivity contribution is -0.125. The van der Waals surface area contributed by atoms with Gasteiger partial charge in [-0.1, -0.05) is 36.4 Å². The van der Waals surface area contributed by atoms with Crippen LogP contribution < -0.4 is 5.32 Å². The number of allylic oxidation sites excluding steroid dienone is 1. The monoisotopic (exact) mass is 439 g/mol. The van der Waals surface area contributed by atoms with E-state index in [9.17, 15) is 9.59 Å². The molecule has 2 atom stereocenters. The average Bonchev–Trinajstić information content (AvgIpc) is 3.54. The Hall–Kier alpha value is -3.93. The lowest BCUT2D eigenvalue weighted by atomic mass is 9.98. The molecule has 1 fully saturated rings. The maximum Gasteiger partial charge on any atom is 0.260 e. The normalized spacial score (nSPS) is 19.5. The van der Waals surface area contributed by atoms with Gasteiger partial charge in [0.1, 0.15) is 11.6 Å². The fraction of sp³-hybridized carbons (Fsp3) is 0.222. The van der Waals surface area contributed by atoms with Gasteiger partial charge >= 0.3 is 0 Å². The Kier molecular flexibility index (Phi) is 5.65. The first-order valence-electron chi connectivity index (χ1n) is 11.1. The van der Waals surface area contributed by atoms with Crippen molar-refractivity contribution in [2.24, 2.45) is 11.8 Å². The number of anilines is 1. The molecule has 0 radical (unpaired) electrons. The SMILES string of the molecule is Cc1occc1C(=O)Nc1ccc(/C=C/C(=O)N2CC3C=C(c4ccccc4)CC3C2)cn1. The van der Waals surface area contributed by atoms with Gasteiger partial charge in [0.15, 0.2) is 0 Å². The number of carbonyl (C=O) groups is 2. The molecule has 2 aliphatic rings. The van der Waals surface area contributed by atoms with Gasteiger partial charge in [-0.2, -0.15) is 0 Å². The van der Waals surface area contributed by atoms with Gasteiger partial charge in [-0.15, -0.1) is 0 Å². The Balaban J connectivity index is 1.16. The highest BCUT2D eigenvalue weighted by molar-refractivity contribution is 6.04. The minimum Gasteiger partial charge on any atom is -0.469 e. The lowest BCUT2D eigenvalue weighted by Crippen LogP contribution is -2.27. The van der Waals surface area contributed by atoms with Crippen LogP contribution in [0.15, 0.2) is 77.6 Å². The Labute approximate surface area is 192 Å². The molecule has 1 aromatic carbocycles. The van der Waals surface area contributed by atoms with Gasteiger partial charge in [-0.25, -0.2) is 4.98 Å². The summed E-state index contributed by atoms with van der Waals surface area (Å²) >= 11 is 0. The van der Waals surface area contributed by atoms with Crippen LogP contribution in [-0.2, 0) is 4.79 Å². The number of benzene rings is 1. The predicted octanol–water partition coefficient (Wildman–Crippen LogP) is 4.81. The fourth-order valence-electron chi connectivity index (χ4n) is 4.61. The highest BCUT2D eigenvalue weighted by Gasteiger charge is 2.37. The van der Waals surface area contributed by atoms with Crippen LogP contribution in [-0.4, -0.2) is 34.8 Å². The van der Waals surface area contributed by atoms with E-state index < -0.39 is 0 Å². The van der Waals surface area contributed by atoms with E-state index in [2.05, 4.69) is 40.6 Å². The van der Waals surface area contributed by atoms with Gasteiger partial charge in [0.05, 0.1) is 11.8 Å². The van der Waals surface area contributed by atoms with Gasteiger partial charge in [-0.3, -0.25) is 9.59 Å². The summed E-state index contributed by atoms with van der Waals surface area (Å²) in [7, 11) is 0. The first-order chi connectivity index (χ1) is 16.1. The standard InChI is InChI=1S/C27H25N3O3/c1-18-24(11-12-33-18)27(32)29-25-9-7-19(15-28-25)8-10-26(31)30-16-22-13-21(14-23(22)17-30)20-5-3-2-4-6-20/h2-13,15,22-23H,14,16-17H2,1H3,(H,28,29,32)/b10-8+. The molecule has 1 saturated heterocycles.